The molecule has 17 rings (SSSR count). The minimum absolute atomic E-state index is 0.103. The molecule has 0 saturated carbocycles. The molecule has 0 saturated heterocycles. The third kappa shape index (κ3) is 7.53. The Morgan fingerprint density at radius 3 is 0.906 bits per heavy atom. The van der Waals surface area contributed by atoms with E-state index in [1.807, 2.05) is 84.9 Å². The van der Waals surface area contributed by atoms with Gasteiger partial charge in [0.25, 0.3) is 6.71 Å². The molecule has 0 radical (unpaired) electrons. The third-order valence-electron chi connectivity index (χ3n) is 17.7. The van der Waals surface area contributed by atoms with Crippen molar-refractivity contribution in [2.75, 3.05) is 0 Å². The molecular weight excluding hydrogens is 1020 g/mol. The van der Waals surface area contributed by atoms with Crippen LogP contribution in [0.25, 0.3) is 143 Å². The zero-order valence-corrected chi connectivity index (χ0v) is 47.2. The van der Waals surface area contributed by atoms with Gasteiger partial charge in [-0.05, 0) is 128 Å². The SMILES string of the molecule is [2H]c1c2c3c(c([2H])c1C(C)(C)C)-n1c4c(-c5ccccc5)cccc4c4ccccc4c4ccccc4c4c([2H])c(-c5ccccc5)c([2H])c(c41)B3c1c([2H])c(-c3ccccc3)c([2H])c3c4ccccc4c4ccccc4c4cccc(-c5ccccc5)c4n-2c13. The molecule has 398 valence electrons. The van der Waals surface area contributed by atoms with Crippen LogP contribution in [0.3, 0.4) is 0 Å². The minimum atomic E-state index is -1.06. The summed E-state index contributed by atoms with van der Waals surface area (Å²) in [6, 6.07) is 87.8. The second kappa shape index (κ2) is 19.0. The lowest BCUT2D eigenvalue weighted by atomic mass is 9.33. The van der Waals surface area contributed by atoms with Crippen LogP contribution in [0.5, 0.6) is 0 Å². The molecule has 2 aliphatic rings. The zero-order chi connectivity index (χ0) is 61.7. The molecule has 2 aliphatic heterocycles. The number of fused-ring (bicyclic) bond motifs is 18. The van der Waals surface area contributed by atoms with E-state index >= 15 is 0 Å². The van der Waals surface area contributed by atoms with Crippen molar-refractivity contribution in [3.63, 3.8) is 0 Å². The molecule has 85 heavy (non-hydrogen) atoms. The van der Waals surface area contributed by atoms with Gasteiger partial charge in [0, 0.05) is 55.1 Å². The van der Waals surface area contributed by atoms with E-state index in [4.69, 9.17) is 0 Å². The molecule has 0 aliphatic carbocycles. The quantitative estimate of drug-likeness (QED) is 0.155. The summed E-state index contributed by atoms with van der Waals surface area (Å²) in [5.74, 6) is 0. The number of hydrogen-bond donors (Lipinski definition) is 0. The fourth-order valence-corrected chi connectivity index (χ4v) is 14.0. The number of para-hydroxylation sites is 2. The van der Waals surface area contributed by atoms with Gasteiger partial charge in [0.1, 0.15) is 0 Å². The first-order chi connectivity index (χ1) is 44.4. The highest BCUT2D eigenvalue weighted by molar-refractivity contribution is 7.00. The van der Waals surface area contributed by atoms with Crippen molar-refractivity contribution in [3.05, 3.63) is 297 Å². The first kappa shape index (κ1) is 43.2. The second-order valence-electron chi connectivity index (χ2n) is 23.7. The summed E-state index contributed by atoms with van der Waals surface area (Å²) < 4.78 is 72.6. The van der Waals surface area contributed by atoms with Crippen LogP contribution in [0.4, 0.5) is 0 Å². The molecule has 0 N–H and O–H groups in total. The van der Waals surface area contributed by atoms with Crippen molar-refractivity contribution in [3.8, 4) is 55.9 Å². The normalized spacial score (nSPS) is 13.4. The van der Waals surface area contributed by atoms with Crippen molar-refractivity contribution in [1.82, 2.24) is 9.13 Å². The van der Waals surface area contributed by atoms with E-state index < -0.39 is 12.1 Å². The Labute approximate surface area is 503 Å². The van der Waals surface area contributed by atoms with Gasteiger partial charge in [-0.2, -0.15) is 0 Å². The maximum absolute atomic E-state index is 11.5. The molecule has 0 amide bonds. The van der Waals surface area contributed by atoms with Crippen LogP contribution in [0.1, 0.15) is 34.6 Å². The Morgan fingerprint density at radius 1 is 0.271 bits per heavy atom. The van der Waals surface area contributed by atoms with Crippen LogP contribution in [-0.4, -0.2) is 15.8 Å². The Bertz CT molecular complexity index is 5470. The number of aromatic nitrogens is 2. The van der Waals surface area contributed by atoms with Gasteiger partial charge in [-0.15, -0.1) is 0 Å². The van der Waals surface area contributed by atoms with Gasteiger partial charge in [-0.25, -0.2) is 0 Å². The summed E-state index contributed by atoms with van der Waals surface area (Å²) in [6.07, 6.45) is 0. The third-order valence-corrected chi connectivity index (χ3v) is 17.7. The van der Waals surface area contributed by atoms with Crippen LogP contribution in [0.15, 0.2) is 291 Å². The predicted molar refractivity (Wildman–Crippen MR) is 366 cm³/mol. The van der Waals surface area contributed by atoms with Crippen LogP contribution in [0, 0.1) is 0 Å². The fraction of sp³-hybridized carbons (Fsp3) is 0.0488. The highest BCUT2D eigenvalue weighted by Crippen LogP contribution is 2.45. The summed E-state index contributed by atoms with van der Waals surface area (Å²) in [6.45, 7) is 5.22. The molecule has 15 aromatic rings. The van der Waals surface area contributed by atoms with E-state index in [9.17, 15) is 8.22 Å². The first-order valence-corrected chi connectivity index (χ1v) is 29.4. The molecule has 0 bridgehead atoms. The maximum atomic E-state index is 11.5. The molecule has 13 aromatic carbocycles. The van der Waals surface area contributed by atoms with Crippen LogP contribution < -0.4 is 16.4 Å². The number of hydrogen-bond acceptors (Lipinski definition) is 0. The van der Waals surface area contributed by atoms with Gasteiger partial charge in [0.05, 0.1) is 19.3 Å². The Kier molecular flexibility index (Phi) is 9.69. The van der Waals surface area contributed by atoms with Crippen molar-refractivity contribution in [2.45, 2.75) is 26.2 Å². The summed E-state index contributed by atoms with van der Waals surface area (Å²) >= 11 is 0. The average molecular weight is 1090 g/mol. The topological polar surface area (TPSA) is 9.86 Å². The predicted octanol–water partition coefficient (Wildman–Crippen LogP) is 19.9. The van der Waals surface area contributed by atoms with Gasteiger partial charge < -0.3 is 9.13 Å². The lowest BCUT2D eigenvalue weighted by Crippen LogP contribution is -2.60. The van der Waals surface area contributed by atoms with Gasteiger partial charge >= 0.3 is 0 Å². The molecule has 0 atom stereocenters. The van der Waals surface area contributed by atoms with Crippen molar-refractivity contribution >= 4 is 110 Å². The lowest BCUT2D eigenvalue weighted by Gasteiger charge is -2.38. The molecule has 3 heteroatoms. The smallest absolute Gasteiger partial charge is 0.252 e. The van der Waals surface area contributed by atoms with Crippen LogP contribution >= 0.6 is 0 Å². The maximum Gasteiger partial charge on any atom is 0.252 e. The fourth-order valence-electron chi connectivity index (χ4n) is 14.0. The number of benzene rings is 13. The van der Waals surface area contributed by atoms with Crippen molar-refractivity contribution < 1.29 is 8.22 Å². The molecular formula is C82H57BN2. The summed E-state index contributed by atoms with van der Waals surface area (Å²) in [4.78, 5) is 0. The highest BCUT2D eigenvalue weighted by atomic mass is 15.0. The van der Waals surface area contributed by atoms with E-state index in [0.29, 0.717) is 77.4 Å². The Balaban J connectivity index is 1.31. The highest BCUT2D eigenvalue weighted by Gasteiger charge is 2.42. The molecule has 2 aromatic heterocycles. The lowest BCUT2D eigenvalue weighted by molar-refractivity contribution is 0.589. The summed E-state index contributed by atoms with van der Waals surface area (Å²) in [7, 11) is 0. The molecule has 0 unspecified atom stereocenters. The van der Waals surface area contributed by atoms with Crippen LogP contribution in [-0.2, 0) is 5.41 Å². The molecule has 2 nitrogen and oxygen atoms in total. The van der Waals surface area contributed by atoms with E-state index in [0.717, 1.165) is 87.1 Å². The summed E-state index contributed by atoms with van der Waals surface area (Å²) in [5, 5.41) is 10.1. The van der Waals surface area contributed by atoms with Gasteiger partial charge in [-0.1, -0.05) is 288 Å². The van der Waals surface area contributed by atoms with Crippen molar-refractivity contribution in [1.29, 1.82) is 0 Å². The monoisotopic (exact) mass is 1090 g/mol. The average Bonchev–Trinajstić information content (AvgIpc) is 1.51. The standard InChI is InChI=1S/C82H57BN2/c1-82(2,3)58-50-75-77-76(51-58)85-79-60(55-32-14-7-15-33-55)43-25-45-70(79)66-39-21-17-35-62(66)64-37-19-23-41-68(64)72-47-57(53-28-10-5-11-29-53)49-74(81(72)85)83(77)73-48-56(52-26-8-4-9-27-52)46-71-67-40-22-18-36-63(67)61-34-16-20-38-65(61)69-44-24-42-59(54-30-12-6-13-31-54)78(69)84(75)80(71)73/h4-51H,1-3H3/i46D,47D,48D,49D,50D,51D. The Hall–Kier alpha value is -10.5. The van der Waals surface area contributed by atoms with Gasteiger partial charge in [0.15, 0.2) is 0 Å². The van der Waals surface area contributed by atoms with Crippen molar-refractivity contribution in [2.24, 2.45) is 0 Å². The first-order valence-electron chi connectivity index (χ1n) is 32.4. The molecule has 4 heterocycles. The summed E-state index contributed by atoms with van der Waals surface area (Å²) in [5.41, 5.74) is 10.8. The number of rotatable bonds is 4. The minimum Gasteiger partial charge on any atom is -0.310 e. The second-order valence-corrected chi connectivity index (χ2v) is 23.7. The van der Waals surface area contributed by atoms with Gasteiger partial charge in [0.2, 0.25) is 0 Å². The largest absolute Gasteiger partial charge is 0.310 e. The van der Waals surface area contributed by atoms with E-state index in [1.165, 1.54) is 0 Å². The molecule has 0 spiro atoms. The number of nitrogens with zero attached hydrogens (tertiary/aromatic N) is 2. The van der Waals surface area contributed by atoms with Crippen LogP contribution in [0.2, 0.25) is 0 Å². The van der Waals surface area contributed by atoms with E-state index in [1.54, 1.807) is 0 Å². The van der Waals surface area contributed by atoms with Gasteiger partial charge in [-0.3, -0.25) is 0 Å². The zero-order valence-electron chi connectivity index (χ0n) is 53.2. The van der Waals surface area contributed by atoms with E-state index in [2.05, 4.69) is 200 Å². The molecule has 0 fully saturated rings. The van der Waals surface area contributed by atoms with E-state index in [-0.39, 0.29) is 36.3 Å². The Morgan fingerprint density at radius 2 is 0.565 bits per heavy atom.